The number of halogens is 1. The van der Waals surface area contributed by atoms with Crippen molar-refractivity contribution in [2.45, 2.75) is 52.5 Å². The molecule has 0 aromatic heterocycles. The molecule has 1 aromatic carbocycles. The normalized spacial score (nSPS) is 12.4. The maximum Gasteiger partial charge on any atom is 0.125 e. The van der Waals surface area contributed by atoms with Crippen LogP contribution in [0.5, 0.6) is 0 Å². The van der Waals surface area contributed by atoms with Crippen molar-refractivity contribution in [1.82, 2.24) is 5.32 Å². The molecule has 0 aliphatic heterocycles. The Morgan fingerprint density at radius 3 is 2.70 bits per heavy atom. The zero-order valence-corrected chi connectivity index (χ0v) is 13.2. The summed E-state index contributed by atoms with van der Waals surface area (Å²) < 4.78 is 13.2. The van der Waals surface area contributed by atoms with Gasteiger partial charge in [-0.1, -0.05) is 19.4 Å². The highest BCUT2D eigenvalue weighted by Crippen LogP contribution is 2.16. The highest BCUT2D eigenvalue weighted by atomic mass is 19.1. The molecular formula is C17H29FN2. The predicted octanol–water partition coefficient (Wildman–Crippen LogP) is 4.21. The average molecular weight is 280 g/mol. The topological polar surface area (TPSA) is 15.3 Å². The molecule has 1 aromatic rings. The lowest BCUT2D eigenvalue weighted by molar-refractivity contribution is 0.489. The molecule has 0 amide bonds. The van der Waals surface area contributed by atoms with Crippen molar-refractivity contribution in [3.05, 3.63) is 30.1 Å². The highest BCUT2D eigenvalue weighted by molar-refractivity contribution is 5.46. The number of nitrogens with zero attached hydrogens (tertiary/aromatic N) is 1. The molecule has 1 unspecified atom stereocenters. The van der Waals surface area contributed by atoms with Crippen molar-refractivity contribution < 1.29 is 4.39 Å². The largest absolute Gasteiger partial charge is 0.372 e. The van der Waals surface area contributed by atoms with Gasteiger partial charge in [0.15, 0.2) is 0 Å². The van der Waals surface area contributed by atoms with Crippen molar-refractivity contribution >= 4 is 5.69 Å². The Bertz CT molecular complexity index is 368. The fourth-order valence-electron chi connectivity index (χ4n) is 2.39. The molecule has 0 spiro atoms. The summed E-state index contributed by atoms with van der Waals surface area (Å²) >= 11 is 0. The van der Waals surface area contributed by atoms with Crippen LogP contribution in [0, 0.1) is 5.82 Å². The first kappa shape index (κ1) is 17.0. The molecule has 3 heteroatoms. The third-order valence-corrected chi connectivity index (χ3v) is 3.61. The van der Waals surface area contributed by atoms with Crippen LogP contribution in [0.25, 0.3) is 0 Å². The maximum absolute atomic E-state index is 13.2. The van der Waals surface area contributed by atoms with Crippen molar-refractivity contribution in [1.29, 1.82) is 0 Å². The summed E-state index contributed by atoms with van der Waals surface area (Å²) in [5.41, 5.74) is 0.990. The van der Waals surface area contributed by atoms with Crippen LogP contribution < -0.4 is 10.2 Å². The number of unbranched alkanes of at least 4 members (excludes halogenated alkanes) is 1. The van der Waals surface area contributed by atoms with Crippen LogP contribution in [0.1, 0.15) is 46.5 Å². The predicted molar refractivity (Wildman–Crippen MR) is 85.9 cm³/mol. The van der Waals surface area contributed by atoms with Crippen LogP contribution in [-0.2, 0) is 0 Å². The summed E-state index contributed by atoms with van der Waals surface area (Å²) in [4.78, 5) is 2.24. The average Bonchev–Trinajstić information content (AvgIpc) is 2.45. The lowest BCUT2D eigenvalue weighted by Gasteiger charge is -2.23. The summed E-state index contributed by atoms with van der Waals surface area (Å²) in [5, 5.41) is 3.51. The van der Waals surface area contributed by atoms with Gasteiger partial charge < -0.3 is 10.2 Å². The molecule has 0 aliphatic carbocycles. The zero-order chi connectivity index (χ0) is 14.8. The van der Waals surface area contributed by atoms with E-state index in [4.69, 9.17) is 0 Å². The Morgan fingerprint density at radius 1 is 1.25 bits per heavy atom. The van der Waals surface area contributed by atoms with Crippen LogP contribution in [-0.4, -0.2) is 25.7 Å². The molecule has 114 valence electrons. The molecule has 1 rings (SSSR count). The number of anilines is 1. The van der Waals surface area contributed by atoms with Gasteiger partial charge in [0, 0.05) is 24.8 Å². The van der Waals surface area contributed by atoms with E-state index in [9.17, 15) is 4.39 Å². The quantitative estimate of drug-likeness (QED) is 0.646. The summed E-state index contributed by atoms with van der Waals surface area (Å²) in [5.74, 6) is -0.154. The molecule has 20 heavy (non-hydrogen) atoms. The third kappa shape index (κ3) is 6.38. The fraction of sp³-hybridized carbons (Fsp3) is 0.647. The monoisotopic (exact) mass is 280 g/mol. The van der Waals surface area contributed by atoms with Crippen LogP contribution >= 0.6 is 0 Å². The van der Waals surface area contributed by atoms with E-state index in [0.29, 0.717) is 6.04 Å². The molecule has 0 radical (unpaired) electrons. The second-order valence-corrected chi connectivity index (χ2v) is 5.41. The SMILES string of the molecule is CCCNC(C)CCCCN(CC)c1cccc(F)c1. The van der Waals surface area contributed by atoms with Gasteiger partial charge in [-0.15, -0.1) is 0 Å². The van der Waals surface area contributed by atoms with Crippen molar-refractivity contribution in [3.63, 3.8) is 0 Å². The number of benzene rings is 1. The van der Waals surface area contributed by atoms with Gasteiger partial charge in [0.05, 0.1) is 0 Å². The Labute approximate surface area is 123 Å². The molecule has 0 aliphatic rings. The number of hydrogen-bond acceptors (Lipinski definition) is 2. The number of rotatable bonds is 10. The van der Waals surface area contributed by atoms with E-state index in [2.05, 4.69) is 31.0 Å². The molecule has 0 saturated heterocycles. The molecule has 0 heterocycles. The summed E-state index contributed by atoms with van der Waals surface area (Å²) in [6, 6.07) is 7.48. The zero-order valence-electron chi connectivity index (χ0n) is 13.2. The minimum Gasteiger partial charge on any atom is -0.372 e. The standard InChI is InChI=1S/C17H29FN2/c1-4-12-19-15(3)9-6-7-13-20(5-2)17-11-8-10-16(18)14-17/h8,10-11,14-15,19H,4-7,9,12-13H2,1-3H3. The van der Waals surface area contributed by atoms with Gasteiger partial charge in [-0.25, -0.2) is 4.39 Å². The van der Waals surface area contributed by atoms with Gasteiger partial charge in [0.25, 0.3) is 0 Å². The Morgan fingerprint density at radius 2 is 2.05 bits per heavy atom. The summed E-state index contributed by atoms with van der Waals surface area (Å²) in [6.07, 6.45) is 4.76. The Kier molecular flexibility index (Phi) is 8.28. The van der Waals surface area contributed by atoms with Crippen molar-refractivity contribution in [2.24, 2.45) is 0 Å². The summed E-state index contributed by atoms with van der Waals surface area (Å²) in [7, 11) is 0. The van der Waals surface area contributed by atoms with Gasteiger partial charge in [0.1, 0.15) is 5.82 Å². The molecule has 0 fully saturated rings. The van der Waals surface area contributed by atoms with Crippen LogP contribution in [0.2, 0.25) is 0 Å². The second kappa shape index (κ2) is 9.76. The smallest absolute Gasteiger partial charge is 0.125 e. The highest BCUT2D eigenvalue weighted by Gasteiger charge is 2.06. The van der Waals surface area contributed by atoms with Crippen LogP contribution in [0.3, 0.4) is 0 Å². The van der Waals surface area contributed by atoms with Crippen LogP contribution in [0.4, 0.5) is 10.1 Å². The fourth-order valence-corrected chi connectivity index (χ4v) is 2.39. The van der Waals surface area contributed by atoms with E-state index in [-0.39, 0.29) is 5.82 Å². The summed E-state index contributed by atoms with van der Waals surface area (Å²) in [6.45, 7) is 9.59. The van der Waals surface area contributed by atoms with Gasteiger partial charge in [-0.2, -0.15) is 0 Å². The van der Waals surface area contributed by atoms with E-state index >= 15 is 0 Å². The van der Waals surface area contributed by atoms with E-state index < -0.39 is 0 Å². The lowest BCUT2D eigenvalue weighted by Crippen LogP contribution is -2.27. The van der Waals surface area contributed by atoms with Crippen LogP contribution in [0.15, 0.2) is 24.3 Å². The van der Waals surface area contributed by atoms with E-state index in [1.54, 1.807) is 12.1 Å². The number of nitrogens with one attached hydrogen (secondary N) is 1. The second-order valence-electron chi connectivity index (χ2n) is 5.41. The third-order valence-electron chi connectivity index (χ3n) is 3.61. The van der Waals surface area contributed by atoms with Gasteiger partial charge >= 0.3 is 0 Å². The molecule has 0 bridgehead atoms. The Hall–Kier alpha value is -1.09. The van der Waals surface area contributed by atoms with Gasteiger partial charge in [-0.05, 0) is 57.9 Å². The first-order valence-corrected chi connectivity index (χ1v) is 7.91. The minimum absolute atomic E-state index is 0.154. The molecule has 1 N–H and O–H groups in total. The van der Waals surface area contributed by atoms with E-state index in [0.717, 1.165) is 31.7 Å². The van der Waals surface area contributed by atoms with Gasteiger partial charge in [-0.3, -0.25) is 0 Å². The van der Waals surface area contributed by atoms with E-state index in [1.807, 2.05) is 6.07 Å². The molecule has 1 atom stereocenters. The van der Waals surface area contributed by atoms with E-state index in [1.165, 1.54) is 25.3 Å². The lowest BCUT2D eigenvalue weighted by atomic mass is 10.1. The minimum atomic E-state index is -0.154. The molecule has 2 nitrogen and oxygen atoms in total. The molecular weight excluding hydrogens is 251 g/mol. The van der Waals surface area contributed by atoms with Gasteiger partial charge in [0.2, 0.25) is 0 Å². The Balaban J connectivity index is 2.28. The molecule has 0 saturated carbocycles. The first-order chi connectivity index (χ1) is 9.67. The van der Waals surface area contributed by atoms with Crippen molar-refractivity contribution in [2.75, 3.05) is 24.5 Å². The first-order valence-electron chi connectivity index (χ1n) is 7.91. The van der Waals surface area contributed by atoms with Crippen molar-refractivity contribution in [3.8, 4) is 0 Å². The maximum atomic E-state index is 13.2. The number of hydrogen-bond donors (Lipinski definition) is 1.